The van der Waals surface area contributed by atoms with Crippen LogP contribution < -0.4 is 0 Å². The summed E-state index contributed by atoms with van der Waals surface area (Å²) in [4.78, 5) is 11.0. The lowest BCUT2D eigenvalue weighted by molar-refractivity contribution is 0.167. The fourth-order valence-electron chi connectivity index (χ4n) is 6.09. The number of likely N-dealkylation sites (tertiary alicyclic amines) is 4. The molecule has 0 bridgehead atoms. The van der Waals surface area contributed by atoms with Crippen molar-refractivity contribution in [2.75, 3.05) is 52.4 Å². The molecule has 4 rings (SSSR count). The van der Waals surface area contributed by atoms with Crippen molar-refractivity contribution in [1.29, 1.82) is 0 Å². The molecule has 4 heteroatoms. The maximum atomic E-state index is 2.76. The largest absolute Gasteiger partial charge is 0.300 e. The number of hydrogen-bond donors (Lipinski definition) is 0. The maximum absolute atomic E-state index is 2.76. The van der Waals surface area contributed by atoms with Gasteiger partial charge < -0.3 is 9.80 Å². The van der Waals surface area contributed by atoms with Gasteiger partial charge in [0.1, 0.15) is 0 Å². The van der Waals surface area contributed by atoms with E-state index < -0.39 is 0 Å². The Morgan fingerprint density at radius 1 is 0.667 bits per heavy atom. The molecule has 138 valence electrons. The van der Waals surface area contributed by atoms with E-state index in [1.54, 1.807) is 0 Å². The number of hydrogen-bond acceptors (Lipinski definition) is 4. The van der Waals surface area contributed by atoms with Crippen molar-refractivity contribution < 1.29 is 0 Å². The van der Waals surface area contributed by atoms with Gasteiger partial charge >= 0.3 is 0 Å². The Labute approximate surface area is 149 Å². The Hall–Kier alpha value is -0.160. The van der Waals surface area contributed by atoms with Crippen molar-refractivity contribution in [3.8, 4) is 0 Å². The van der Waals surface area contributed by atoms with E-state index in [9.17, 15) is 0 Å². The molecule has 4 aliphatic heterocycles. The zero-order valence-electron chi connectivity index (χ0n) is 16.3. The van der Waals surface area contributed by atoms with Crippen molar-refractivity contribution in [2.24, 2.45) is 11.8 Å². The monoisotopic (exact) mass is 334 g/mol. The molecule has 4 saturated heterocycles. The molecule has 0 N–H and O–H groups in total. The lowest BCUT2D eigenvalue weighted by atomic mass is 10.0. The van der Waals surface area contributed by atoms with Gasteiger partial charge in [-0.25, -0.2) is 0 Å². The molecule has 0 unspecified atom stereocenters. The van der Waals surface area contributed by atoms with Crippen molar-refractivity contribution in [3.63, 3.8) is 0 Å². The van der Waals surface area contributed by atoms with Gasteiger partial charge in [-0.1, -0.05) is 0 Å². The predicted molar refractivity (Wildman–Crippen MR) is 100 cm³/mol. The SMILES string of the molecule is CC(C)N1CC[C@H]2CN(CCN3C[C@H]4CCN(C(C)C)[C@H]4C3)C[C@H]21. The molecule has 0 spiro atoms. The maximum Gasteiger partial charge on any atom is 0.0266 e. The molecule has 0 amide bonds. The van der Waals surface area contributed by atoms with Crippen LogP contribution in [0, 0.1) is 11.8 Å². The van der Waals surface area contributed by atoms with Crippen LogP contribution >= 0.6 is 0 Å². The minimum absolute atomic E-state index is 0.722. The van der Waals surface area contributed by atoms with Gasteiger partial charge in [0.2, 0.25) is 0 Å². The van der Waals surface area contributed by atoms with Crippen LogP contribution in [0.5, 0.6) is 0 Å². The minimum Gasteiger partial charge on any atom is -0.300 e. The van der Waals surface area contributed by atoms with E-state index in [2.05, 4.69) is 47.3 Å². The fraction of sp³-hybridized carbons (Fsp3) is 1.00. The standard InChI is InChI=1S/C20H38N4/c1-15(2)23-7-5-17-11-21(13-19(17)23)9-10-22-12-18-6-8-24(16(3)4)20(18)14-22/h15-20H,5-14H2,1-4H3/t17-,18+,19+,20-. The number of rotatable bonds is 5. The van der Waals surface area contributed by atoms with Crippen LogP contribution in [-0.4, -0.2) is 96.1 Å². The van der Waals surface area contributed by atoms with E-state index in [1.165, 1.54) is 65.2 Å². The molecule has 0 aliphatic carbocycles. The zero-order chi connectivity index (χ0) is 16.8. The summed E-state index contributed by atoms with van der Waals surface area (Å²) in [6.45, 7) is 20.1. The van der Waals surface area contributed by atoms with Crippen LogP contribution in [-0.2, 0) is 0 Å². The molecule has 0 aromatic carbocycles. The van der Waals surface area contributed by atoms with Gasteiger partial charge in [0.25, 0.3) is 0 Å². The molecule has 4 aliphatic rings. The molecule has 4 fully saturated rings. The van der Waals surface area contributed by atoms with Gasteiger partial charge in [-0.05, 0) is 65.5 Å². The van der Waals surface area contributed by atoms with E-state index in [4.69, 9.17) is 0 Å². The second-order valence-electron chi connectivity index (χ2n) is 9.41. The zero-order valence-corrected chi connectivity index (χ0v) is 16.3. The summed E-state index contributed by atoms with van der Waals surface area (Å²) in [6.07, 6.45) is 2.85. The first-order valence-electron chi connectivity index (χ1n) is 10.5. The molecule has 0 aromatic rings. The third-order valence-electron chi connectivity index (χ3n) is 7.39. The molecule has 4 heterocycles. The number of nitrogens with zero attached hydrogens (tertiary/aromatic N) is 4. The Balaban J connectivity index is 1.24. The molecule has 4 nitrogen and oxygen atoms in total. The van der Waals surface area contributed by atoms with Crippen molar-refractivity contribution in [2.45, 2.75) is 64.7 Å². The lowest BCUT2D eigenvalue weighted by Crippen LogP contribution is -2.42. The summed E-state index contributed by atoms with van der Waals surface area (Å²) >= 11 is 0. The van der Waals surface area contributed by atoms with E-state index in [0.29, 0.717) is 0 Å². The average Bonchev–Trinajstić information content (AvgIpc) is 3.23. The first-order valence-corrected chi connectivity index (χ1v) is 10.5. The van der Waals surface area contributed by atoms with Gasteiger partial charge in [-0.15, -0.1) is 0 Å². The summed E-state index contributed by atoms with van der Waals surface area (Å²) < 4.78 is 0. The van der Waals surface area contributed by atoms with Crippen LogP contribution in [0.2, 0.25) is 0 Å². The average molecular weight is 335 g/mol. The van der Waals surface area contributed by atoms with Gasteiger partial charge in [0, 0.05) is 63.4 Å². The number of fused-ring (bicyclic) bond motifs is 2. The van der Waals surface area contributed by atoms with E-state index >= 15 is 0 Å². The third kappa shape index (κ3) is 3.15. The molecular weight excluding hydrogens is 296 g/mol. The van der Waals surface area contributed by atoms with Crippen molar-refractivity contribution >= 4 is 0 Å². The molecule has 4 atom stereocenters. The molecule has 0 radical (unpaired) electrons. The van der Waals surface area contributed by atoms with Crippen molar-refractivity contribution in [1.82, 2.24) is 19.6 Å². The Morgan fingerprint density at radius 3 is 1.46 bits per heavy atom. The first kappa shape index (κ1) is 17.3. The summed E-state index contributed by atoms with van der Waals surface area (Å²) in [5, 5.41) is 0. The second-order valence-corrected chi connectivity index (χ2v) is 9.41. The van der Waals surface area contributed by atoms with Gasteiger partial charge in [0.15, 0.2) is 0 Å². The lowest BCUT2D eigenvalue weighted by Gasteiger charge is -2.29. The molecule has 24 heavy (non-hydrogen) atoms. The van der Waals surface area contributed by atoms with Gasteiger partial charge in [-0.3, -0.25) is 9.80 Å². The van der Waals surface area contributed by atoms with E-state index in [0.717, 1.165) is 36.0 Å². The van der Waals surface area contributed by atoms with Crippen LogP contribution in [0.15, 0.2) is 0 Å². The fourth-order valence-corrected chi connectivity index (χ4v) is 6.09. The highest BCUT2D eigenvalue weighted by Gasteiger charge is 2.43. The summed E-state index contributed by atoms with van der Waals surface area (Å²) in [5.41, 5.74) is 0. The van der Waals surface area contributed by atoms with Gasteiger partial charge in [-0.2, -0.15) is 0 Å². The topological polar surface area (TPSA) is 13.0 Å². The van der Waals surface area contributed by atoms with Crippen LogP contribution in [0.4, 0.5) is 0 Å². The smallest absolute Gasteiger partial charge is 0.0266 e. The summed E-state index contributed by atoms with van der Waals surface area (Å²) in [5.74, 6) is 1.89. The van der Waals surface area contributed by atoms with Crippen LogP contribution in [0.3, 0.4) is 0 Å². The van der Waals surface area contributed by atoms with Crippen molar-refractivity contribution in [3.05, 3.63) is 0 Å². The Bertz CT molecular complexity index is 397. The van der Waals surface area contributed by atoms with Crippen LogP contribution in [0.25, 0.3) is 0 Å². The Kier molecular flexibility index (Phi) is 4.94. The van der Waals surface area contributed by atoms with E-state index in [1.807, 2.05) is 0 Å². The molecule has 0 aromatic heterocycles. The Morgan fingerprint density at radius 2 is 1.08 bits per heavy atom. The van der Waals surface area contributed by atoms with Gasteiger partial charge in [0.05, 0.1) is 0 Å². The summed E-state index contributed by atoms with van der Waals surface area (Å²) in [6, 6.07) is 3.14. The predicted octanol–water partition coefficient (Wildman–Crippen LogP) is 1.82. The first-order chi connectivity index (χ1) is 11.5. The third-order valence-corrected chi connectivity index (χ3v) is 7.39. The minimum atomic E-state index is 0.722. The van der Waals surface area contributed by atoms with Crippen LogP contribution in [0.1, 0.15) is 40.5 Å². The molecular formula is C20H38N4. The normalized spacial score (nSPS) is 38.8. The summed E-state index contributed by atoms with van der Waals surface area (Å²) in [7, 11) is 0. The molecule has 0 saturated carbocycles. The second kappa shape index (κ2) is 6.86. The highest BCUT2D eigenvalue weighted by Crippen LogP contribution is 2.34. The quantitative estimate of drug-likeness (QED) is 0.760. The van der Waals surface area contributed by atoms with E-state index in [-0.39, 0.29) is 0 Å². The highest BCUT2D eigenvalue weighted by molar-refractivity contribution is 4.99. The highest BCUT2D eigenvalue weighted by atomic mass is 15.3.